The summed E-state index contributed by atoms with van der Waals surface area (Å²) in [6.45, 7) is -0.398. The number of hydrogen-bond acceptors (Lipinski definition) is 6. The smallest absolute Gasteiger partial charge is 0.331 e. The summed E-state index contributed by atoms with van der Waals surface area (Å²) in [5.41, 5.74) is 0.800. The van der Waals surface area contributed by atoms with Crippen LogP contribution in [-0.2, 0) is 9.53 Å². The predicted octanol–water partition coefficient (Wildman–Crippen LogP) is 3.04. The molecule has 0 aliphatic carbocycles. The number of methoxy groups -OCH3 is 1. The molecule has 0 fully saturated rings. The van der Waals surface area contributed by atoms with Gasteiger partial charge in [0.05, 0.1) is 12.0 Å². The van der Waals surface area contributed by atoms with Gasteiger partial charge in [0.1, 0.15) is 5.75 Å². The maximum atomic E-state index is 11.9. The molecule has 0 aliphatic rings. The van der Waals surface area contributed by atoms with Crippen molar-refractivity contribution in [1.29, 1.82) is 0 Å². The normalized spacial score (nSPS) is 10.4. The number of nitrogens with zero attached hydrogens (tertiary/aromatic N) is 1. The highest BCUT2D eigenvalue weighted by atomic mass is 16.6. The number of carbonyl (C=O) groups excluding carboxylic acids is 2. The van der Waals surface area contributed by atoms with Crippen LogP contribution in [0.5, 0.6) is 5.75 Å². The van der Waals surface area contributed by atoms with Crippen molar-refractivity contribution in [1.82, 2.24) is 0 Å². The molecule has 0 amide bonds. The second-order valence-electron chi connectivity index (χ2n) is 4.94. The summed E-state index contributed by atoms with van der Waals surface area (Å²) in [6.07, 6.45) is 2.49. The maximum Gasteiger partial charge on any atom is 0.331 e. The van der Waals surface area contributed by atoms with E-state index in [1.165, 1.54) is 31.4 Å². The molecule has 0 heterocycles. The molecule has 7 heteroatoms. The molecule has 0 aliphatic heterocycles. The van der Waals surface area contributed by atoms with Gasteiger partial charge in [0, 0.05) is 23.8 Å². The van der Waals surface area contributed by atoms with Crippen molar-refractivity contribution in [3.05, 3.63) is 75.8 Å². The lowest BCUT2D eigenvalue weighted by Gasteiger charge is -2.03. The molecule has 2 rings (SSSR count). The summed E-state index contributed by atoms with van der Waals surface area (Å²) < 4.78 is 9.87. The topological polar surface area (TPSA) is 95.7 Å². The summed E-state index contributed by atoms with van der Waals surface area (Å²) in [6, 6.07) is 12.2. The van der Waals surface area contributed by atoms with Crippen molar-refractivity contribution >= 4 is 23.5 Å². The Labute approximate surface area is 143 Å². The quantitative estimate of drug-likeness (QED) is 0.252. The number of nitro benzene ring substituents is 1. The summed E-state index contributed by atoms with van der Waals surface area (Å²) in [7, 11) is 1.52. The molecule has 0 saturated carbocycles. The lowest BCUT2D eigenvalue weighted by molar-refractivity contribution is -0.384. The molecule has 2 aromatic carbocycles. The van der Waals surface area contributed by atoms with Crippen molar-refractivity contribution in [2.75, 3.05) is 13.7 Å². The Morgan fingerprint density at radius 3 is 2.52 bits per heavy atom. The van der Waals surface area contributed by atoms with Crippen molar-refractivity contribution in [3.8, 4) is 5.75 Å². The van der Waals surface area contributed by atoms with Crippen molar-refractivity contribution in [2.45, 2.75) is 0 Å². The summed E-state index contributed by atoms with van der Waals surface area (Å²) in [5.74, 6) is -0.443. The predicted molar refractivity (Wildman–Crippen MR) is 90.4 cm³/mol. The molecular weight excluding hydrogens is 326 g/mol. The third-order valence-corrected chi connectivity index (χ3v) is 3.25. The van der Waals surface area contributed by atoms with E-state index in [0.29, 0.717) is 16.9 Å². The maximum absolute atomic E-state index is 11.9. The average molecular weight is 341 g/mol. The van der Waals surface area contributed by atoms with Gasteiger partial charge in [-0.05, 0) is 35.9 Å². The number of benzene rings is 2. The van der Waals surface area contributed by atoms with Crippen LogP contribution in [0.4, 0.5) is 5.69 Å². The molecule has 0 saturated heterocycles. The number of ketones is 1. The standard InChI is InChI=1S/C18H15NO6/c1-24-16-8-6-14(7-9-16)17(20)12-25-18(21)10-5-13-3-2-4-15(11-13)19(22)23/h2-11H,12H2,1H3/b10-5+. The monoisotopic (exact) mass is 341 g/mol. The van der Waals surface area contributed by atoms with Crippen molar-refractivity contribution < 1.29 is 24.0 Å². The zero-order valence-corrected chi connectivity index (χ0v) is 13.4. The van der Waals surface area contributed by atoms with E-state index < -0.39 is 17.5 Å². The molecule has 25 heavy (non-hydrogen) atoms. The van der Waals surface area contributed by atoms with Gasteiger partial charge in [-0.3, -0.25) is 14.9 Å². The van der Waals surface area contributed by atoms with Crippen LogP contribution in [0.1, 0.15) is 15.9 Å². The van der Waals surface area contributed by atoms with Crippen LogP contribution in [0.2, 0.25) is 0 Å². The minimum Gasteiger partial charge on any atom is -0.497 e. The minimum atomic E-state index is -0.714. The van der Waals surface area contributed by atoms with Gasteiger partial charge in [-0.25, -0.2) is 4.79 Å². The SMILES string of the molecule is COc1ccc(C(=O)COC(=O)/C=C/c2cccc([N+](=O)[O-])c2)cc1. The number of hydrogen-bond donors (Lipinski definition) is 0. The fourth-order valence-corrected chi connectivity index (χ4v) is 1.95. The van der Waals surface area contributed by atoms with E-state index in [-0.39, 0.29) is 11.5 Å². The van der Waals surface area contributed by atoms with E-state index in [9.17, 15) is 19.7 Å². The van der Waals surface area contributed by atoms with Gasteiger partial charge in [-0.15, -0.1) is 0 Å². The number of rotatable bonds is 7. The second kappa shape index (κ2) is 8.39. The number of Topliss-reactive ketones (excluding diaryl/α,β-unsaturated/α-hetero) is 1. The Bertz CT molecular complexity index is 811. The Kier molecular flexibility index (Phi) is 6.00. The molecule has 2 aromatic rings. The van der Waals surface area contributed by atoms with E-state index >= 15 is 0 Å². The van der Waals surface area contributed by atoms with Crippen molar-refractivity contribution in [2.24, 2.45) is 0 Å². The van der Waals surface area contributed by atoms with Crippen LogP contribution in [0.3, 0.4) is 0 Å². The molecular formula is C18H15NO6. The highest BCUT2D eigenvalue weighted by molar-refractivity contribution is 5.99. The first-order chi connectivity index (χ1) is 12.0. The number of carbonyl (C=O) groups is 2. The van der Waals surface area contributed by atoms with Crippen molar-refractivity contribution in [3.63, 3.8) is 0 Å². The number of non-ortho nitro benzene ring substituents is 1. The van der Waals surface area contributed by atoms with Crippen LogP contribution in [0.25, 0.3) is 6.08 Å². The third kappa shape index (κ3) is 5.28. The molecule has 0 aromatic heterocycles. The van der Waals surface area contributed by atoms with Gasteiger partial charge in [-0.1, -0.05) is 12.1 Å². The Hall–Kier alpha value is -3.48. The first kappa shape index (κ1) is 17.9. The largest absolute Gasteiger partial charge is 0.497 e. The fraction of sp³-hybridized carbons (Fsp3) is 0.111. The number of esters is 1. The Morgan fingerprint density at radius 2 is 1.88 bits per heavy atom. The highest BCUT2D eigenvalue weighted by Crippen LogP contribution is 2.14. The summed E-state index contributed by atoms with van der Waals surface area (Å²) in [4.78, 5) is 33.7. The Morgan fingerprint density at radius 1 is 1.16 bits per heavy atom. The molecule has 128 valence electrons. The Balaban J connectivity index is 1.90. The first-order valence-electron chi connectivity index (χ1n) is 7.26. The average Bonchev–Trinajstić information content (AvgIpc) is 2.64. The highest BCUT2D eigenvalue weighted by Gasteiger charge is 2.09. The van der Waals surface area contributed by atoms with E-state index in [1.54, 1.807) is 30.3 Å². The van der Waals surface area contributed by atoms with Crippen LogP contribution >= 0.6 is 0 Å². The van der Waals surface area contributed by atoms with E-state index in [2.05, 4.69) is 0 Å². The zero-order chi connectivity index (χ0) is 18.2. The molecule has 0 bridgehead atoms. The van der Waals surface area contributed by atoms with Gasteiger partial charge in [0.15, 0.2) is 12.4 Å². The van der Waals surface area contributed by atoms with Gasteiger partial charge in [0.2, 0.25) is 0 Å². The van der Waals surface area contributed by atoms with Crippen LogP contribution < -0.4 is 4.74 Å². The van der Waals surface area contributed by atoms with Gasteiger partial charge < -0.3 is 9.47 Å². The van der Waals surface area contributed by atoms with Crippen LogP contribution in [-0.4, -0.2) is 30.4 Å². The van der Waals surface area contributed by atoms with E-state index in [0.717, 1.165) is 6.08 Å². The minimum absolute atomic E-state index is 0.0785. The molecule has 0 unspecified atom stereocenters. The molecule has 0 radical (unpaired) electrons. The number of ether oxygens (including phenoxy) is 2. The van der Waals surface area contributed by atoms with E-state index in [1.807, 2.05) is 0 Å². The summed E-state index contributed by atoms with van der Waals surface area (Å²) >= 11 is 0. The van der Waals surface area contributed by atoms with Crippen LogP contribution in [0, 0.1) is 10.1 Å². The second-order valence-corrected chi connectivity index (χ2v) is 4.94. The lowest BCUT2D eigenvalue weighted by atomic mass is 10.1. The number of nitro groups is 1. The van der Waals surface area contributed by atoms with Gasteiger partial charge >= 0.3 is 5.97 Å². The third-order valence-electron chi connectivity index (χ3n) is 3.25. The van der Waals surface area contributed by atoms with Gasteiger partial charge in [0.25, 0.3) is 5.69 Å². The first-order valence-corrected chi connectivity index (χ1v) is 7.26. The van der Waals surface area contributed by atoms with E-state index in [4.69, 9.17) is 9.47 Å². The zero-order valence-electron chi connectivity index (χ0n) is 13.4. The lowest BCUT2D eigenvalue weighted by Crippen LogP contribution is -2.12. The molecule has 0 spiro atoms. The molecule has 7 nitrogen and oxygen atoms in total. The van der Waals surface area contributed by atoms with Gasteiger partial charge in [-0.2, -0.15) is 0 Å². The molecule has 0 atom stereocenters. The fourth-order valence-electron chi connectivity index (χ4n) is 1.95. The van der Waals surface area contributed by atoms with Crippen LogP contribution in [0.15, 0.2) is 54.6 Å². The molecule has 0 N–H and O–H groups in total. The summed E-state index contributed by atoms with van der Waals surface area (Å²) in [5, 5.41) is 10.7.